The lowest BCUT2D eigenvalue weighted by molar-refractivity contribution is 0.327. The third-order valence-corrected chi connectivity index (χ3v) is 4.10. The van der Waals surface area contributed by atoms with Gasteiger partial charge in [0.2, 0.25) is 5.88 Å². The maximum Gasteiger partial charge on any atom is 0.215 e. The van der Waals surface area contributed by atoms with Crippen molar-refractivity contribution in [2.24, 2.45) is 11.8 Å². The van der Waals surface area contributed by atoms with Crippen molar-refractivity contribution in [1.82, 2.24) is 4.98 Å². The minimum Gasteiger partial charge on any atom is -0.478 e. The van der Waals surface area contributed by atoms with Gasteiger partial charge in [-0.15, -0.1) is 0 Å². The van der Waals surface area contributed by atoms with Crippen LogP contribution in [-0.4, -0.2) is 17.6 Å². The predicted octanol–water partition coefficient (Wildman–Crippen LogP) is 3.72. The lowest BCUT2D eigenvalue weighted by Crippen LogP contribution is -2.25. The molecule has 1 fully saturated rings. The summed E-state index contributed by atoms with van der Waals surface area (Å²) in [6.45, 7) is 7.28. The van der Waals surface area contributed by atoms with Gasteiger partial charge >= 0.3 is 0 Å². The van der Waals surface area contributed by atoms with E-state index in [4.69, 9.17) is 4.74 Å². The van der Waals surface area contributed by atoms with Crippen LogP contribution in [0.3, 0.4) is 0 Å². The summed E-state index contributed by atoms with van der Waals surface area (Å²) < 4.78 is 5.43. The molecule has 1 aromatic heterocycles. The van der Waals surface area contributed by atoms with Gasteiger partial charge in [-0.25, -0.2) is 0 Å². The Morgan fingerprint density at radius 1 is 1.33 bits per heavy atom. The summed E-state index contributed by atoms with van der Waals surface area (Å²) in [5, 5.41) is 3.56. The van der Waals surface area contributed by atoms with Gasteiger partial charge in [-0.05, 0) is 37.7 Å². The van der Waals surface area contributed by atoms with Gasteiger partial charge in [0.05, 0.1) is 6.61 Å². The lowest BCUT2D eigenvalue weighted by atomic mass is 9.93. The van der Waals surface area contributed by atoms with Gasteiger partial charge in [-0.3, -0.25) is 0 Å². The smallest absolute Gasteiger partial charge is 0.215 e. The molecule has 1 aromatic rings. The fraction of sp³-hybridized carbons (Fsp3) is 0.667. The zero-order chi connectivity index (χ0) is 13.0. The van der Waals surface area contributed by atoms with Crippen molar-refractivity contribution in [2.75, 3.05) is 11.9 Å². The summed E-state index contributed by atoms with van der Waals surface area (Å²) in [6.07, 6.45) is 3.87. The SMILES string of the molecule is CCOc1cccc(NC2CCC(CC)C2C)n1. The molecule has 1 aliphatic carbocycles. The molecule has 0 radical (unpaired) electrons. The monoisotopic (exact) mass is 248 g/mol. The number of hydrogen-bond acceptors (Lipinski definition) is 3. The van der Waals surface area contributed by atoms with Crippen LogP contribution in [0.2, 0.25) is 0 Å². The van der Waals surface area contributed by atoms with E-state index in [0.717, 1.165) is 17.7 Å². The Bertz CT molecular complexity index is 381. The van der Waals surface area contributed by atoms with Crippen molar-refractivity contribution in [2.45, 2.75) is 46.1 Å². The van der Waals surface area contributed by atoms with Gasteiger partial charge in [0, 0.05) is 12.1 Å². The van der Waals surface area contributed by atoms with Crippen LogP contribution in [0.5, 0.6) is 5.88 Å². The minimum atomic E-state index is 0.555. The largest absolute Gasteiger partial charge is 0.478 e. The molecule has 0 saturated heterocycles. The molecule has 3 nitrogen and oxygen atoms in total. The van der Waals surface area contributed by atoms with E-state index in [1.54, 1.807) is 0 Å². The summed E-state index contributed by atoms with van der Waals surface area (Å²) >= 11 is 0. The molecule has 1 aliphatic rings. The molecular formula is C15H24N2O. The van der Waals surface area contributed by atoms with Crippen molar-refractivity contribution in [3.63, 3.8) is 0 Å². The van der Waals surface area contributed by atoms with Gasteiger partial charge in [-0.2, -0.15) is 4.98 Å². The quantitative estimate of drug-likeness (QED) is 0.862. The molecular weight excluding hydrogens is 224 g/mol. The molecule has 3 unspecified atom stereocenters. The van der Waals surface area contributed by atoms with Gasteiger partial charge in [0.25, 0.3) is 0 Å². The molecule has 3 heteroatoms. The van der Waals surface area contributed by atoms with E-state index in [9.17, 15) is 0 Å². The Morgan fingerprint density at radius 2 is 2.17 bits per heavy atom. The van der Waals surface area contributed by atoms with Gasteiger partial charge in [-0.1, -0.05) is 26.3 Å². The Kier molecular flexibility index (Phi) is 4.45. The van der Waals surface area contributed by atoms with Gasteiger partial charge < -0.3 is 10.1 Å². The predicted molar refractivity (Wildman–Crippen MR) is 75.0 cm³/mol. The highest BCUT2D eigenvalue weighted by atomic mass is 16.5. The van der Waals surface area contributed by atoms with Crippen LogP contribution >= 0.6 is 0 Å². The van der Waals surface area contributed by atoms with Crippen molar-refractivity contribution in [3.8, 4) is 5.88 Å². The number of rotatable bonds is 5. The fourth-order valence-corrected chi connectivity index (χ4v) is 2.94. The molecule has 0 aromatic carbocycles. The average molecular weight is 248 g/mol. The highest BCUT2D eigenvalue weighted by Crippen LogP contribution is 2.35. The molecule has 0 spiro atoms. The number of hydrogen-bond donors (Lipinski definition) is 1. The molecule has 0 bridgehead atoms. The van der Waals surface area contributed by atoms with Gasteiger partial charge in [0.1, 0.15) is 5.82 Å². The Balaban J connectivity index is 1.99. The lowest BCUT2D eigenvalue weighted by Gasteiger charge is -2.21. The maximum absolute atomic E-state index is 5.43. The van der Waals surface area contributed by atoms with Crippen LogP contribution < -0.4 is 10.1 Å². The topological polar surface area (TPSA) is 34.1 Å². The van der Waals surface area contributed by atoms with Crippen LogP contribution in [0.1, 0.15) is 40.0 Å². The van der Waals surface area contributed by atoms with Gasteiger partial charge in [0.15, 0.2) is 0 Å². The highest BCUT2D eigenvalue weighted by Gasteiger charge is 2.31. The highest BCUT2D eigenvalue weighted by molar-refractivity contribution is 5.38. The van der Waals surface area contributed by atoms with Crippen LogP contribution in [0.25, 0.3) is 0 Å². The van der Waals surface area contributed by atoms with E-state index in [-0.39, 0.29) is 0 Å². The van der Waals surface area contributed by atoms with E-state index >= 15 is 0 Å². The summed E-state index contributed by atoms with van der Waals surface area (Å²) in [5.41, 5.74) is 0. The van der Waals surface area contributed by atoms with Crippen LogP contribution in [0, 0.1) is 11.8 Å². The van der Waals surface area contributed by atoms with E-state index in [0.29, 0.717) is 18.5 Å². The number of pyridine rings is 1. The molecule has 1 heterocycles. The zero-order valence-corrected chi connectivity index (χ0v) is 11.6. The number of nitrogens with one attached hydrogen (secondary N) is 1. The normalized spacial score (nSPS) is 27.2. The van der Waals surface area contributed by atoms with Crippen LogP contribution in [0.15, 0.2) is 18.2 Å². The molecule has 0 amide bonds. The first-order chi connectivity index (χ1) is 8.74. The first kappa shape index (κ1) is 13.2. The molecule has 100 valence electrons. The Labute approximate surface area is 110 Å². The van der Waals surface area contributed by atoms with E-state index in [1.807, 2.05) is 25.1 Å². The average Bonchev–Trinajstić information content (AvgIpc) is 2.71. The second-order valence-corrected chi connectivity index (χ2v) is 5.15. The minimum absolute atomic E-state index is 0.555. The number of anilines is 1. The van der Waals surface area contributed by atoms with Crippen LogP contribution in [0.4, 0.5) is 5.82 Å². The van der Waals surface area contributed by atoms with E-state index < -0.39 is 0 Å². The standard InChI is InChI=1S/C15H24N2O/c1-4-12-9-10-13(11(12)3)16-14-7-6-8-15(17-14)18-5-2/h6-8,11-13H,4-5,9-10H2,1-3H3,(H,16,17). The number of aromatic nitrogens is 1. The summed E-state index contributed by atoms with van der Waals surface area (Å²) in [5.74, 6) is 3.24. The van der Waals surface area contributed by atoms with Crippen molar-refractivity contribution >= 4 is 5.82 Å². The van der Waals surface area contributed by atoms with Crippen molar-refractivity contribution in [1.29, 1.82) is 0 Å². The van der Waals surface area contributed by atoms with E-state index in [2.05, 4.69) is 24.1 Å². The Morgan fingerprint density at radius 3 is 2.83 bits per heavy atom. The van der Waals surface area contributed by atoms with E-state index in [1.165, 1.54) is 19.3 Å². The first-order valence-corrected chi connectivity index (χ1v) is 7.11. The van der Waals surface area contributed by atoms with Crippen LogP contribution in [-0.2, 0) is 0 Å². The molecule has 1 N–H and O–H groups in total. The Hall–Kier alpha value is -1.25. The molecule has 2 rings (SSSR count). The summed E-state index contributed by atoms with van der Waals surface area (Å²) in [4.78, 5) is 4.48. The first-order valence-electron chi connectivity index (χ1n) is 7.11. The maximum atomic E-state index is 5.43. The molecule has 0 aliphatic heterocycles. The molecule has 18 heavy (non-hydrogen) atoms. The second-order valence-electron chi connectivity index (χ2n) is 5.15. The third-order valence-electron chi connectivity index (χ3n) is 4.10. The van der Waals surface area contributed by atoms with Crippen molar-refractivity contribution < 1.29 is 4.74 Å². The summed E-state index contributed by atoms with van der Waals surface area (Å²) in [6, 6.07) is 6.48. The molecule has 1 saturated carbocycles. The third kappa shape index (κ3) is 2.95. The summed E-state index contributed by atoms with van der Waals surface area (Å²) in [7, 11) is 0. The second kappa shape index (κ2) is 6.07. The number of ether oxygens (including phenoxy) is 1. The number of nitrogens with zero attached hydrogens (tertiary/aromatic N) is 1. The molecule has 3 atom stereocenters. The van der Waals surface area contributed by atoms with Crippen molar-refractivity contribution in [3.05, 3.63) is 18.2 Å². The fourth-order valence-electron chi connectivity index (χ4n) is 2.94. The zero-order valence-electron chi connectivity index (χ0n) is 11.6.